The zero-order valence-corrected chi connectivity index (χ0v) is 16.7. The predicted molar refractivity (Wildman–Crippen MR) is 109 cm³/mol. The van der Waals surface area contributed by atoms with E-state index >= 15 is 0 Å². The summed E-state index contributed by atoms with van der Waals surface area (Å²) in [7, 11) is 0. The molecule has 0 aliphatic carbocycles. The molecule has 0 saturated carbocycles. The topological polar surface area (TPSA) is 84.0 Å². The van der Waals surface area contributed by atoms with Gasteiger partial charge < -0.3 is 10.6 Å². The fourth-order valence-corrected chi connectivity index (χ4v) is 4.05. The summed E-state index contributed by atoms with van der Waals surface area (Å²) in [5, 5.41) is 6.87. The van der Waals surface area contributed by atoms with Crippen molar-refractivity contribution in [2.75, 3.05) is 10.6 Å². The van der Waals surface area contributed by atoms with Gasteiger partial charge in [0, 0.05) is 28.9 Å². The number of thiophene rings is 1. The number of amides is 2. The number of benzene rings is 1. The van der Waals surface area contributed by atoms with Crippen LogP contribution in [0.4, 0.5) is 10.7 Å². The van der Waals surface area contributed by atoms with Crippen LogP contribution in [0.5, 0.6) is 0 Å². The largest absolute Gasteiger partial charge is 0.321 e. The Morgan fingerprint density at radius 1 is 0.963 bits per heavy atom. The van der Waals surface area contributed by atoms with Crippen molar-refractivity contribution in [1.29, 1.82) is 0 Å². The molecule has 0 spiro atoms. The van der Waals surface area contributed by atoms with Gasteiger partial charge in [0.2, 0.25) is 5.91 Å². The average molecular weight is 399 g/mol. The lowest BCUT2D eigenvalue weighted by Gasteiger charge is -2.06. The molecule has 0 saturated heterocycles. The Balaban J connectivity index is 1.64. The first-order valence-electron chi connectivity index (χ1n) is 8.18. The molecule has 0 bridgehead atoms. The lowest BCUT2D eigenvalue weighted by Crippen LogP contribution is -2.09. The number of nitrogens with zero attached hydrogens (tertiary/aromatic N) is 2. The molecule has 2 aromatic heterocycles. The highest BCUT2D eigenvalue weighted by atomic mass is 32.2. The van der Waals surface area contributed by atoms with Gasteiger partial charge in [0.15, 0.2) is 5.16 Å². The lowest BCUT2D eigenvalue weighted by molar-refractivity contribution is -0.114. The Morgan fingerprint density at radius 3 is 2.26 bits per heavy atom. The van der Waals surface area contributed by atoms with Gasteiger partial charge in [-0.3, -0.25) is 9.59 Å². The lowest BCUT2D eigenvalue weighted by atomic mass is 10.3. The van der Waals surface area contributed by atoms with Gasteiger partial charge in [0.25, 0.3) is 5.91 Å². The van der Waals surface area contributed by atoms with Gasteiger partial charge in [-0.2, -0.15) is 0 Å². The normalized spacial score (nSPS) is 10.5. The van der Waals surface area contributed by atoms with Gasteiger partial charge in [0.1, 0.15) is 0 Å². The number of aryl methyl sites for hydroxylation is 2. The van der Waals surface area contributed by atoms with Gasteiger partial charge in [-0.1, -0.05) is 0 Å². The summed E-state index contributed by atoms with van der Waals surface area (Å²) in [4.78, 5) is 33.7. The molecular weight excluding hydrogens is 380 g/mol. The SMILES string of the molecule is CC(=O)Nc1ccc(C(=O)Nc2ccc(Sc3nc(C)cc(C)n3)cc2)s1. The maximum Gasteiger partial charge on any atom is 0.265 e. The molecule has 27 heavy (non-hydrogen) atoms. The summed E-state index contributed by atoms with van der Waals surface area (Å²) in [5.74, 6) is -0.376. The number of anilines is 2. The van der Waals surface area contributed by atoms with Crippen molar-refractivity contribution in [3.05, 3.63) is 58.7 Å². The van der Waals surface area contributed by atoms with E-state index in [-0.39, 0.29) is 11.8 Å². The van der Waals surface area contributed by atoms with Gasteiger partial charge in [0.05, 0.1) is 9.88 Å². The van der Waals surface area contributed by atoms with Crippen LogP contribution in [0, 0.1) is 13.8 Å². The molecule has 6 nitrogen and oxygen atoms in total. The monoisotopic (exact) mass is 398 g/mol. The smallest absolute Gasteiger partial charge is 0.265 e. The fraction of sp³-hybridized carbons (Fsp3) is 0.158. The second-order valence-electron chi connectivity index (χ2n) is 5.86. The maximum absolute atomic E-state index is 12.3. The van der Waals surface area contributed by atoms with Crippen LogP contribution in [0.15, 0.2) is 52.5 Å². The third-order valence-electron chi connectivity index (χ3n) is 3.41. The van der Waals surface area contributed by atoms with Crippen LogP contribution in [0.3, 0.4) is 0 Å². The highest BCUT2D eigenvalue weighted by Gasteiger charge is 2.10. The van der Waals surface area contributed by atoms with Crippen molar-refractivity contribution in [1.82, 2.24) is 9.97 Å². The number of carbonyl (C=O) groups is 2. The van der Waals surface area contributed by atoms with Gasteiger partial charge in [-0.05, 0) is 68.1 Å². The highest BCUT2D eigenvalue weighted by molar-refractivity contribution is 7.99. The Hall–Kier alpha value is -2.71. The van der Waals surface area contributed by atoms with Gasteiger partial charge in [-0.25, -0.2) is 9.97 Å². The van der Waals surface area contributed by atoms with Gasteiger partial charge >= 0.3 is 0 Å². The zero-order chi connectivity index (χ0) is 19.4. The van der Waals surface area contributed by atoms with E-state index in [0.717, 1.165) is 16.3 Å². The summed E-state index contributed by atoms with van der Waals surface area (Å²) in [5.41, 5.74) is 2.56. The minimum Gasteiger partial charge on any atom is -0.321 e. The van der Waals surface area contributed by atoms with Crippen LogP contribution in [0.25, 0.3) is 0 Å². The minimum absolute atomic E-state index is 0.162. The van der Waals surface area contributed by atoms with Crippen LogP contribution in [0.2, 0.25) is 0 Å². The van der Waals surface area contributed by atoms with Crippen molar-refractivity contribution < 1.29 is 9.59 Å². The van der Waals surface area contributed by atoms with Crippen molar-refractivity contribution in [3.8, 4) is 0 Å². The number of nitrogens with one attached hydrogen (secondary N) is 2. The third-order valence-corrected chi connectivity index (χ3v) is 5.28. The van der Waals surface area contributed by atoms with Crippen LogP contribution in [-0.2, 0) is 4.79 Å². The molecule has 2 N–H and O–H groups in total. The zero-order valence-electron chi connectivity index (χ0n) is 15.1. The number of aromatic nitrogens is 2. The van der Waals surface area contributed by atoms with E-state index in [9.17, 15) is 9.59 Å². The third kappa shape index (κ3) is 5.38. The minimum atomic E-state index is -0.213. The van der Waals surface area contributed by atoms with Crippen LogP contribution >= 0.6 is 23.1 Å². The van der Waals surface area contributed by atoms with Crippen molar-refractivity contribution >= 4 is 45.6 Å². The Bertz CT molecular complexity index is 963. The van der Waals surface area contributed by atoms with Crippen LogP contribution in [-0.4, -0.2) is 21.8 Å². The Labute approximate surface area is 165 Å². The molecule has 2 amide bonds. The summed E-state index contributed by atoms with van der Waals surface area (Å²) >= 11 is 2.71. The molecule has 138 valence electrons. The van der Waals surface area contributed by atoms with E-state index in [4.69, 9.17) is 0 Å². The first kappa shape index (κ1) is 19.1. The van der Waals surface area contributed by atoms with E-state index in [1.807, 2.05) is 44.2 Å². The molecule has 0 fully saturated rings. The van der Waals surface area contributed by atoms with E-state index in [1.165, 1.54) is 30.0 Å². The van der Waals surface area contributed by atoms with Crippen molar-refractivity contribution in [2.45, 2.75) is 30.8 Å². The van der Waals surface area contributed by atoms with E-state index in [2.05, 4.69) is 20.6 Å². The maximum atomic E-state index is 12.3. The summed E-state index contributed by atoms with van der Waals surface area (Å²) in [6, 6.07) is 12.8. The molecule has 8 heteroatoms. The second kappa shape index (κ2) is 8.32. The molecule has 0 aliphatic rings. The molecular formula is C19H18N4O2S2. The summed E-state index contributed by atoms with van der Waals surface area (Å²) in [6.45, 7) is 5.32. The molecule has 2 heterocycles. The summed E-state index contributed by atoms with van der Waals surface area (Å²) in [6.07, 6.45) is 0. The van der Waals surface area contributed by atoms with Crippen molar-refractivity contribution in [2.24, 2.45) is 0 Å². The standard InChI is InChI=1S/C19H18N4O2S2/c1-11-10-12(2)21-19(20-11)26-15-6-4-14(5-7-15)23-18(25)16-8-9-17(27-16)22-13(3)24/h4-10H,1-3H3,(H,22,24)(H,23,25). The van der Waals surface area contributed by atoms with Crippen molar-refractivity contribution in [3.63, 3.8) is 0 Å². The van der Waals surface area contributed by atoms with Crippen LogP contribution in [0.1, 0.15) is 28.0 Å². The second-order valence-corrected chi connectivity index (χ2v) is 7.98. The first-order chi connectivity index (χ1) is 12.9. The number of hydrogen-bond acceptors (Lipinski definition) is 6. The van der Waals surface area contributed by atoms with E-state index in [0.29, 0.717) is 20.7 Å². The highest BCUT2D eigenvalue weighted by Crippen LogP contribution is 2.27. The molecule has 0 aliphatic heterocycles. The number of carbonyl (C=O) groups excluding carboxylic acids is 2. The molecule has 1 aromatic carbocycles. The molecule has 0 radical (unpaired) electrons. The molecule has 0 atom stereocenters. The van der Waals surface area contributed by atoms with Gasteiger partial charge in [-0.15, -0.1) is 11.3 Å². The summed E-state index contributed by atoms with van der Waals surface area (Å²) < 4.78 is 0. The Morgan fingerprint density at radius 2 is 1.63 bits per heavy atom. The molecule has 3 rings (SSSR count). The number of hydrogen-bond donors (Lipinski definition) is 2. The molecule has 3 aromatic rings. The first-order valence-corrected chi connectivity index (χ1v) is 9.81. The quantitative estimate of drug-likeness (QED) is 0.618. The Kier molecular flexibility index (Phi) is 5.88. The molecule has 0 unspecified atom stereocenters. The average Bonchev–Trinajstić information content (AvgIpc) is 3.03. The number of rotatable bonds is 5. The predicted octanol–water partition coefficient (Wildman–Crippen LogP) is 4.52. The van der Waals surface area contributed by atoms with E-state index in [1.54, 1.807) is 12.1 Å². The fourth-order valence-electron chi connectivity index (χ4n) is 2.34. The van der Waals surface area contributed by atoms with Crippen LogP contribution < -0.4 is 10.6 Å². The van der Waals surface area contributed by atoms with E-state index < -0.39 is 0 Å².